The maximum atomic E-state index is 11.8. The first-order valence-electron chi connectivity index (χ1n) is 6.88. The summed E-state index contributed by atoms with van der Waals surface area (Å²) in [7, 11) is 0. The molecule has 4 heteroatoms. The van der Waals surface area contributed by atoms with E-state index in [0.717, 1.165) is 19.3 Å². The molecule has 1 saturated carbocycles. The number of hydrogen-bond donors (Lipinski definition) is 1. The van der Waals surface area contributed by atoms with E-state index in [1.807, 2.05) is 13.8 Å². The van der Waals surface area contributed by atoms with Gasteiger partial charge in [0.2, 0.25) is 5.91 Å². The third-order valence-corrected chi connectivity index (χ3v) is 4.22. The summed E-state index contributed by atoms with van der Waals surface area (Å²) < 4.78 is 0. The molecule has 0 saturated heterocycles. The van der Waals surface area contributed by atoms with E-state index < -0.39 is 11.5 Å². The van der Waals surface area contributed by atoms with E-state index >= 15 is 0 Å². The molecule has 18 heavy (non-hydrogen) atoms. The highest BCUT2D eigenvalue weighted by Crippen LogP contribution is 2.39. The van der Waals surface area contributed by atoms with Crippen LogP contribution in [0.4, 0.5) is 0 Å². The van der Waals surface area contributed by atoms with Crippen LogP contribution in [0, 0.1) is 5.92 Å². The fraction of sp³-hybridized carbons (Fsp3) is 0.857. The molecule has 4 nitrogen and oxygen atoms in total. The second-order valence-electron chi connectivity index (χ2n) is 5.67. The van der Waals surface area contributed by atoms with Crippen molar-refractivity contribution >= 4 is 11.9 Å². The molecule has 0 spiro atoms. The molecule has 0 heterocycles. The molecule has 0 aliphatic heterocycles. The number of carboxylic acid groups (broad SMARTS) is 1. The van der Waals surface area contributed by atoms with Crippen molar-refractivity contribution in [3.8, 4) is 0 Å². The minimum Gasteiger partial charge on any atom is -0.479 e. The number of hydrogen-bond acceptors (Lipinski definition) is 2. The second kappa shape index (κ2) is 5.72. The normalized spacial score (nSPS) is 28.2. The number of carbonyl (C=O) groups is 2. The van der Waals surface area contributed by atoms with Gasteiger partial charge in [0.1, 0.15) is 5.54 Å². The summed E-state index contributed by atoms with van der Waals surface area (Å²) in [6.45, 7) is 7.39. The van der Waals surface area contributed by atoms with E-state index in [0.29, 0.717) is 18.8 Å². The maximum absolute atomic E-state index is 11.8. The number of aliphatic carboxylic acids is 1. The zero-order valence-electron chi connectivity index (χ0n) is 11.9. The highest BCUT2D eigenvalue weighted by atomic mass is 16.4. The molecule has 0 bridgehead atoms. The van der Waals surface area contributed by atoms with Crippen LogP contribution in [0.5, 0.6) is 0 Å². The number of amides is 1. The Bertz CT molecular complexity index is 317. The first kappa shape index (κ1) is 15.0. The van der Waals surface area contributed by atoms with Gasteiger partial charge in [0.15, 0.2) is 0 Å². The highest BCUT2D eigenvalue weighted by molar-refractivity contribution is 5.86. The minimum atomic E-state index is -0.980. The van der Waals surface area contributed by atoms with Crippen LogP contribution in [0.3, 0.4) is 0 Å². The largest absolute Gasteiger partial charge is 0.479 e. The van der Waals surface area contributed by atoms with Gasteiger partial charge in [0.25, 0.3) is 0 Å². The Morgan fingerprint density at radius 2 is 1.83 bits per heavy atom. The molecule has 1 rings (SSSR count). The Hall–Kier alpha value is -1.06. The van der Waals surface area contributed by atoms with E-state index in [1.54, 1.807) is 4.90 Å². The van der Waals surface area contributed by atoms with Crippen molar-refractivity contribution in [1.29, 1.82) is 0 Å². The van der Waals surface area contributed by atoms with Crippen LogP contribution < -0.4 is 0 Å². The Balaban J connectivity index is 3.01. The maximum Gasteiger partial charge on any atom is 0.329 e. The van der Waals surface area contributed by atoms with Crippen LogP contribution in [0.1, 0.15) is 59.8 Å². The molecule has 1 aliphatic rings. The lowest BCUT2D eigenvalue weighted by Crippen LogP contribution is -2.60. The van der Waals surface area contributed by atoms with Gasteiger partial charge >= 0.3 is 5.97 Å². The summed E-state index contributed by atoms with van der Waals surface area (Å²) in [6, 6.07) is -0.0724. The molecule has 0 atom stereocenters. The smallest absolute Gasteiger partial charge is 0.329 e. The monoisotopic (exact) mass is 255 g/mol. The molecule has 0 aromatic heterocycles. The summed E-state index contributed by atoms with van der Waals surface area (Å²) in [5.41, 5.74) is -0.980. The van der Waals surface area contributed by atoms with Crippen molar-refractivity contribution in [3.63, 3.8) is 0 Å². The van der Waals surface area contributed by atoms with E-state index in [1.165, 1.54) is 6.92 Å². The number of carbonyl (C=O) groups excluding carboxylic acids is 1. The molecule has 1 aliphatic carbocycles. The van der Waals surface area contributed by atoms with E-state index in [-0.39, 0.29) is 11.9 Å². The fourth-order valence-corrected chi connectivity index (χ4v) is 3.28. The third kappa shape index (κ3) is 2.68. The molecule has 104 valence electrons. The summed E-state index contributed by atoms with van der Waals surface area (Å²) >= 11 is 0. The van der Waals surface area contributed by atoms with Crippen LogP contribution in [0.2, 0.25) is 0 Å². The molecular weight excluding hydrogens is 230 g/mol. The zero-order valence-corrected chi connectivity index (χ0v) is 11.9. The van der Waals surface area contributed by atoms with E-state index in [4.69, 9.17) is 0 Å². The van der Waals surface area contributed by atoms with Crippen molar-refractivity contribution in [1.82, 2.24) is 4.90 Å². The van der Waals surface area contributed by atoms with Crippen LogP contribution in [-0.4, -0.2) is 33.5 Å². The molecule has 0 radical (unpaired) electrons. The first-order valence-corrected chi connectivity index (χ1v) is 6.88. The lowest BCUT2D eigenvalue weighted by Gasteiger charge is -2.46. The molecule has 0 aromatic rings. The van der Waals surface area contributed by atoms with Crippen molar-refractivity contribution in [3.05, 3.63) is 0 Å². The summed E-state index contributed by atoms with van der Waals surface area (Å²) in [5, 5.41) is 9.62. The number of nitrogens with zero attached hydrogens (tertiary/aromatic N) is 1. The summed E-state index contributed by atoms with van der Waals surface area (Å²) in [5.74, 6) is -0.373. The summed E-state index contributed by atoms with van der Waals surface area (Å²) in [4.78, 5) is 25.1. The molecule has 1 N–H and O–H groups in total. The predicted octanol–water partition coefficient (Wildman–Crippen LogP) is 2.67. The highest BCUT2D eigenvalue weighted by Gasteiger charge is 2.48. The van der Waals surface area contributed by atoms with Gasteiger partial charge in [0, 0.05) is 13.0 Å². The van der Waals surface area contributed by atoms with Crippen molar-refractivity contribution in [2.75, 3.05) is 0 Å². The number of carboxylic acids is 1. The number of rotatable bonds is 4. The van der Waals surface area contributed by atoms with Crippen molar-refractivity contribution in [2.45, 2.75) is 71.4 Å². The Kier molecular flexibility index (Phi) is 4.77. The van der Waals surface area contributed by atoms with Gasteiger partial charge in [-0.25, -0.2) is 4.79 Å². The van der Waals surface area contributed by atoms with Gasteiger partial charge < -0.3 is 10.0 Å². The van der Waals surface area contributed by atoms with Crippen molar-refractivity contribution < 1.29 is 14.7 Å². The average Bonchev–Trinajstić information content (AvgIpc) is 2.28. The quantitative estimate of drug-likeness (QED) is 0.840. The SMILES string of the molecule is CCC1CCC(C(=O)O)(N(C(C)=O)C(C)C)CC1. The van der Waals surface area contributed by atoms with Crippen LogP contribution in [0.25, 0.3) is 0 Å². The Morgan fingerprint density at radius 3 is 2.11 bits per heavy atom. The lowest BCUT2D eigenvalue weighted by atomic mass is 9.74. The molecular formula is C14H25NO3. The Morgan fingerprint density at radius 1 is 1.33 bits per heavy atom. The minimum absolute atomic E-state index is 0.0724. The van der Waals surface area contributed by atoms with Gasteiger partial charge in [-0.1, -0.05) is 13.3 Å². The van der Waals surface area contributed by atoms with Gasteiger partial charge in [-0.3, -0.25) is 4.79 Å². The van der Waals surface area contributed by atoms with Crippen LogP contribution >= 0.6 is 0 Å². The topological polar surface area (TPSA) is 57.6 Å². The Labute approximate surface area is 109 Å². The lowest BCUT2D eigenvalue weighted by molar-refractivity contribution is -0.164. The second-order valence-corrected chi connectivity index (χ2v) is 5.67. The van der Waals surface area contributed by atoms with Crippen molar-refractivity contribution in [2.24, 2.45) is 5.92 Å². The van der Waals surface area contributed by atoms with Gasteiger partial charge in [-0.15, -0.1) is 0 Å². The zero-order chi connectivity index (χ0) is 13.9. The first-order chi connectivity index (χ1) is 8.35. The van der Waals surface area contributed by atoms with Gasteiger partial charge in [-0.2, -0.15) is 0 Å². The van der Waals surface area contributed by atoms with Gasteiger partial charge in [0.05, 0.1) is 0 Å². The van der Waals surface area contributed by atoms with Crippen LogP contribution in [-0.2, 0) is 9.59 Å². The predicted molar refractivity (Wildman–Crippen MR) is 70.3 cm³/mol. The molecule has 1 amide bonds. The molecule has 0 unspecified atom stereocenters. The average molecular weight is 255 g/mol. The van der Waals surface area contributed by atoms with Crippen LogP contribution in [0.15, 0.2) is 0 Å². The fourth-order valence-electron chi connectivity index (χ4n) is 3.28. The third-order valence-electron chi connectivity index (χ3n) is 4.22. The van der Waals surface area contributed by atoms with E-state index in [2.05, 4.69) is 6.92 Å². The standard InChI is InChI=1S/C14H25NO3/c1-5-12-6-8-14(9-7-12,13(17)18)15(10(2)3)11(4)16/h10,12H,5-9H2,1-4H3,(H,17,18). The summed E-state index contributed by atoms with van der Waals surface area (Å²) in [6.07, 6.45) is 4.06. The molecule has 0 aromatic carbocycles. The van der Waals surface area contributed by atoms with Gasteiger partial charge in [-0.05, 0) is 45.4 Å². The molecule has 1 fully saturated rings. The van der Waals surface area contributed by atoms with E-state index in [9.17, 15) is 14.7 Å².